The number of pyridine rings is 1. The Morgan fingerprint density at radius 3 is 2.91 bits per heavy atom. The predicted molar refractivity (Wildman–Crippen MR) is 132 cm³/mol. The molecule has 0 aromatic carbocycles. The van der Waals surface area contributed by atoms with E-state index in [0.29, 0.717) is 17.7 Å². The van der Waals surface area contributed by atoms with E-state index in [4.69, 9.17) is 10.5 Å². The van der Waals surface area contributed by atoms with Crippen LogP contribution in [0.15, 0.2) is 42.2 Å². The molecule has 1 saturated heterocycles. The van der Waals surface area contributed by atoms with Gasteiger partial charge in [0.05, 0.1) is 6.54 Å². The number of hydrogen-bond acceptors (Lipinski definition) is 8. The largest absolute Gasteiger partial charge is 0.496 e. The first-order valence-corrected chi connectivity index (χ1v) is 11.9. The molecular weight excluding hydrogens is 420 g/mol. The molecule has 0 unspecified atom stereocenters. The van der Waals surface area contributed by atoms with Crippen LogP contribution >= 0.6 is 11.3 Å². The van der Waals surface area contributed by atoms with Gasteiger partial charge in [0.15, 0.2) is 5.13 Å². The van der Waals surface area contributed by atoms with Crippen molar-refractivity contribution in [3.05, 3.63) is 53.3 Å². The van der Waals surface area contributed by atoms with Crippen LogP contribution in [0.2, 0.25) is 0 Å². The smallest absolute Gasteiger partial charge is 0.182 e. The van der Waals surface area contributed by atoms with Gasteiger partial charge in [0.25, 0.3) is 0 Å². The molecule has 0 spiro atoms. The number of ether oxygens (including phenoxy) is 1. The lowest BCUT2D eigenvalue weighted by Gasteiger charge is -2.23. The molecule has 1 aliphatic rings. The molecule has 8 heteroatoms. The molecule has 0 aliphatic carbocycles. The van der Waals surface area contributed by atoms with Crippen molar-refractivity contribution in [3.8, 4) is 0 Å². The van der Waals surface area contributed by atoms with Crippen molar-refractivity contribution in [3.63, 3.8) is 0 Å². The fourth-order valence-corrected chi connectivity index (χ4v) is 4.63. The molecule has 3 aromatic rings. The number of nitrogen functional groups attached to an aromatic ring is 1. The second-order valence-electron chi connectivity index (χ2n) is 8.27. The van der Waals surface area contributed by atoms with Crippen LogP contribution in [0.1, 0.15) is 57.6 Å². The molecule has 0 bridgehead atoms. The molecule has 2 N–H and O–H groups in total. The molecular formula is C24H30N6OS. The Hall–Kier alpha value is -3.00. The van der Waals surface area contributed by atoms with Crippen LogP contribution in [0.4, 0.5) is 10.9 Å². The first kappa shape index (κ1) is 22.2. The lowest BCUT2D eigenvalue weighted by molar-refractivity contribution is 0.220. The Bertz CT molecular complexity index is 1170. The second-order valence-corrected chi connectivity index (χ2v) is 9.28. The van der Waals surface area contributed by atoms with Crippen LogP contribution in [-0.2, 0) is 4.74 Å². The van der Waals surface area contributed by atoms with Crippen LogP contribution < -0.4 is 10.6 Å². The number of nitrogens with zero attached hydrogens (tertiary/aromatic N) is 5. The standard InChI is InChI=1S/C24H30N6OS/c1-5-17(18-11-20-23(27-12-18)32-24(25)29-20)10-16(4)21-6-7-30(8-9-31-21)22-19(15(2)3)13-26-14-28-22/h10-15H,5-9H2,1-4H3,(H2,25,29). The number of fused-ring (bicyclic) bond motifs is 1. The van der Waals surface area contributed by atoms with Crippen LogP contribution in [0.3, 0.4) is 0 Å². The van der Waals surface area contributed by atoms with Gasteiger partial charge in [0, 0.05) is 30.9 Å². The van der Waals surface area contributed by atoms with Crippen LogP contribution in [-0.4, -0.2) is 39.6 Å². The Kier molecular flexibility index (Phi) is 6.69. The molecule has 168 valence electrons. The zero-order valence-corrected chi connectivity index (χ0v) is 19.9. The fourth-order valence-electron chi connectivity index (χ4n) is 3.97. The minimum atomic E-state index is 0.376. The van der Waals surface area contributed by atoms with Crippen LogP contribution in [0, 0.1) is 0 Å². The summed E-state index contributed by atoms with van der Waals surface area (Å²) in [5.41, 5.74) is 11.3. The number of thiazole rings is 1. The van der Waals surface area contributed by atoms with E-state index in [1.165, 1.54) is 22.5 Å². The lowest BCUT2D eigenvalue weighted by Crippen LogP contribution is -2.28. The van der Waals surface area contributed by atoms with Gasteiger partial charge in [-0.3, -0.25) is 0 Å². The fraction of sp³-hybridized carbons (Fsp3) is 0.417. The monoisotopic (exact) mass is 450 g/mol. The molecule has 0 radical (unpaired) electrons. The van der Waals surface area contributed by atoms with Crippen molar-refractivity contribution in [1.82, 2.24) is 19.9 Å². The van der Waals surface area contributed by atoms with Crippen molar-refractivity contribution >= 4 is 38.2 Å². The van der Waals surface area contributed by atoms with Crippen molar-refractivity contribution < 1.29 is 4.74 Å². The number of allylic oxidation sites excluding steroid dienone is 3. The second kappa shape index (κ2) is 9.65. The molecule has 1 fully saturated rings. The maximum absolute atomic E-state index is 6.18. The van der Waals surface area contributed by atoms with E-state index in [0.717, 1.165) is 59.0 Å². The molecule has 4 heterocycles. The number of anilines is 2. The van der Waals surface area contributed by atoms with Gasteiger partial charge >= 0.3 is 0 Å². The molecule has 0 saturated carbocycles. The van der Waals surface area contributed by atoms with Gasteiger partial charge in [-0.25, -0.2) is 19.9 Å². The highest BCUT2D eigenvalue weighted by atomic mass is 32.1. The molecule has 3 aromatic heterocycles. The maximum atomic E-state index is 6.18. The van der Waals surface area contributed by atoms with Crippen molar-refractivity contribution in [1.29, 1.82) is 0 Å². The average molecular weight is 451 g/mol. The normalized spacial score (nSPS) is 16.9. The topological polar surface area (TPSA) is 90.0 Å². The number of hydrogen-bond donors (Lipinski definition) is 1. The van der Waals surface area contributed by atoms with Crippen LogP contribution in [0.25, 0.3) is 15.9 Å². The van der Waals surface area contributed by atoms with Gasteiger partial charge in [0.2, 0.25) is 0 Å². The molecule has 32 heavy (non-hydrogen) atoms. The summed E-state index contributed by atoms with van der Waals surface area (Å²) in [7, 11) is 0. The Balaban J connectivity index is 1.57. The molecule has 7 nitrogen and oxygen atoms in total. The molecule has 0 amide bonds. The maximum Gasteiger partial charge on any atom is 0.182 e. The van der Waals surface area contributed by atoms with E-state index >= 15 is 0 Å². The summed E-state index contributed by atoms with van der Waals surface area (Å²) in [6, 6.07) is 2.07. The van der Waals surface area contributed by atoms with Gasteiger partial charge in [-0.1, -0.05) is 38.2 Å². The minimum Gasteiger partial charge on any atom is -0.496 e. The van der Waals surface area contributed by atoms with Crippen molar-refractivity contribution in [2.75, 3.05) is 30.3 Å². The summed E-state index contributed by atoms with van der Waals surface area (Å²) < 4.78 is 6.18. The number of aromatic nitrogens is 4. The third kappa shape index (κ3) is 4.75. The van der Waals surface area contributed by atoms with Gasteiger partial charge < -0.3 is 15.4 Å². The summed E-state index contributed by atoms with van der Waals surface area (Å²) >= 11 is 1.41. The Morgan fingerprint density at radius 1 is 1.28 bits per heavy atom. The molecule has 1 aliphatic heterocycles. The van der Waals surface area contributed by atoms with Crippen LogP contribution in [0.5, 0.6) is 0 Å². The Morgan fingerprint density at radius 2 is 2.12 bits per heavy atom. The highest BCUT2D eigenvalue weighted by molar-refractivity contribution is 7.21. The van der Waals surface area contributed by atoms with E-state index in [2.05, 4.69) is 64.7 Å². The van der Waals surface area contributed by atoms with Crippen molar-refractivity contribution in [2.24, 2.45) is 0 Å². The number of nitrogens with two attached hydrogens (primary N) is 1. The zero-order chi connectivity index (χ0) is 22.7. The zero-order valence-electron chi connectivity index (χ0n) is 19.1. The molecule has 4 rings (SSSR count). The third-order valence-electron chi connectivity index (χ3n) is 5.73. The van der Waals surface area contributed by atoms with E-state index in [1.807, 2.05) is 12.4 Å². The van der Waals surface area contributed by atoms with E-state index in [1.54, 1.807) is 6.33 Å². The summed E-state index contributed by atoms with van der Waals surface area (Å²) in [5.74, 6) is 2.43. The highest BCUT2D eigenvalue weighted by Crippen LogP contribution is 2.29. The number of rotatable bonds is 5. The summed E-state index contributed by atoms with van der Waals surface area (Å²) in [6.07, 6.45) is 9.41. The highest BCUT2D eigenvalue weighted by Gasteiger charge is 2.19. The first-order valence-electron chi connectivity index (χ1n) is 11.1. The van der Waals surface area contributed by atoms with Gasteiger partial charge in [-0.05, 0) is 42.0 Å². The molecule has 0 atom stereocenters. The first-order chi connectivity index (χ1) is 15.5. The van der Waals surface area contributed by atoms with Gasteiger partial charge in [-0.2, -0.15) is 0 Å². The average Bonchev–Trinajstić information content (AvgIpc) is 2.99. The predicted octanol–water partition coefficient (Wildman–Crippen LogP) is 5.18. The van der Waals surface area contributed by atoms with Crippen molar-refractivity contribution in [2.45, 2.75) is 46.5 Å². The SMILES string of the molecule is CCC(=CC(C)=C1CCN(c2ncncc2C(C)C)CCO1)c1cnc2sc(N)nc2c1. The summed E-state index contributed by atoms with van der Waals surface area (Å²) in [4.78, 5) is 20.9. The minimum absolute atomic E-state index is 0.376. The van der Waals surface area contributed by atoms with Gasteiger partial charge in [0.1, 0.15) is 34.9 Å². The van der Waals surface area contributed by atoms with E-state index in [9.17, 15) is 0 Å². The Labute approximate surface area is 193 Å². The van der Waals surface area contributed by atoms with E-state index in [-0.39, 0.29) is 0 Å². The summed E-state index contributed by atoms with van der Waals surface area (Å²) in [5, 5.41) is 0.547. The third-order valence-corrected chi connectivity index (χ3v) is 6.54. The quantitative estimate of drug-likeness (QED) is 0.573. The van der Waals surface area contributed by atoms with Gasteiger partial charge in [-0.15, -0.1) is 0 Å². The lowest BCUT2D eigenvalue weighted by atomic mass is 10.0. The van der Waals surface area contributed by atoms with E-state index < -0.39 is 0 Å². The summed E-state index contributed by atoms with van der Waals surface area (Å²) in [6.45, 7) is 10.9.